The van der Waals surface area contributed by atoms with E-state index in [-0.39, 0.29) is 10.8 Å². The fraction of sp³-hybridized carbons (Fsp3) is 0.188. The van der Waals surface area contributed by atoms with Crippen molar-refractivity contribution in [3.05, 3.63) is 172 Å². The topological polar surface area (TPSA) is 12.4 Å². The molecule has 240 valence electrons. The Morgan fingerprint density at radius 3 is 1.86 bits per heavy atom. The molecular formula is C48H43N. The number of rotatable bonds is 3. The van der Waals surface area contributed by atoms with Crippen LogP contribution in [0.1, 0.15) is 73.6 Å². The minimum Gasteiger partial charge on any atom is -0.253 e. The summed E-state index contributed by atoms with van der Waals surface area (Å²) < 4.78 is 0. The van der Waals surface area contributed by atoms with Crippen molar-refractivity contribution in [2.75, 3.05) is 0 Å². The van der Waals surface area contributed by atoms with Gasteiger partial charge in [-0.3, -0.25) is 4.99 Å². The van der Waals surface area contributed by atoms with Gasteiger partial charge in [0, 0.05) is 16.5 Å². The lowest BCUT2D eigenvalue weighted by atomic mass is 9.67. The van der Waals surface area contributed by atoms with Crippen LogP contribution in [0.25, 0.3) is 43.8 Å². The summed E-state index contributed by atoms with van der Waals surface area (Å²) in [5.41, 5.74) is 17.2. The Kier molecular flexibility index (Phi) is 7.23. The fourth-order valence-electron chi connectivity index (χ4n) is 8.19. The lowest BCUT2D eigenvalue weighted by molar-refractivity contribution is 0.640. The van der Waals surface area contributed by atoms with E-state index in [2.05, 4.69) is 144 Å². The average Bonchev–Trinajstić information content (AvgIpc) is 3.35. The van der Waals surface area contributed by atoms with Gasteiger partial charge in [0.2, 0.25) is 0 Å². The molecule has 0 atom stereocenters. The van der Waals surface area contributed by atoms with Crippen LogP contribution in [0.3, 0.4) is 0 Å². The Balaban J connectivity index is 0.000000184. The number of hydrogen-bond acceptors (Lipinski definition) is 1. The lowest BCUT2D eigenvalue weighted by Gasteiger charge is -2.36. The second-order valence-corrected chi connectivity index (χ2v) is 15.0. The van der Waals surface area contributed by atoms with Crippen molar-refractivity contribution in [3.8, 4) is 22.3 Å². The van der Waals surface area contributed by atoms with Gasteiger partial charge in [-0.05, 0) is 122 Å². The second-order valence-electron chi connectivity index (χ2n) is 15.0. The monoisotopic (exact) mass is 633 g/mol. The average molecular weight is 634 g/mol. The van der Waals surface area contributed by atoms with E-state index in [4.69, 9.17) is 0 Å². The highest BCUT2D eigenvalue weighted by Gasteiger charge is 2.45. The van der Waals surface area contributed by atoms with E-state index in [1.54, 1.807) is 0 Å². The van der Waals surface area contributed by atoms with Gasteiger partial charge < -0.3 is 0 Å². The van der Waals surface area contributed by atoms with E-state index in [9.17, 15) is 0 Å². The van der Waals surface area contributed by atoms with Crippen LogP contribution < -0.4 is 0 Å². The number of aliphatic imine (C=N–C) groups is 1. The van der Waals surface area contributed by atoms with Crippen LogP contribution in [0.4, 0.5) is 5.69 Å². The van der Waals surface area contributed by atoms with Gasteiger partial charge in [0.05, 0.1) is 5.69 Å². The van der Waals surface area contributed by atoms with Crippen LogP contribution in [0.2, 0.25) is 0 Å². The van der Waals surface area contributed by atoms with Crippen LogP contribution in [-0.2, 0) is 10.8 Å². The molecule has 2 aliphatic carbocycles. The van der Waals surface area contributed by atoms with E-state index >= 15 is 0 Å². The highest BCUT2D eigenvalue weighted by Crippen LogP contribution is 2.60. The summed E-state index contributed by atoms with van der Waals surface area (Å²) >= 11 is 0. The molecule has 0 spiro atoms. The SMILES string of the molecule is CC(=Nc1ccccc1C)c1ccccc1.Cc1ccc(-c2cc3c4c(c2)C(C)(C)c2cc5ccccc5c5ccc(c-4c25)C3(C)C)cc1. The van der Waals surface area contributed by atoms with E-state index < -0.39 is 0 Å². The van der Waals surface area contributed by atoms with Gasteiger partial charge in [0.25, 0.3) is 0 Å². The number of hydrogen-bond donors (Lipinski definition) is 0. The highest BCUT2D eigenvalue weighted by molar-refractivity contribution is 6.18. The standard InChI is InChI=1S/C33H28.C15H15N/c1-19-10-12-20(13-11-19)22-17-27-30-28(18-22)33(4,5)26-16-21-8-6-7-9-23(21)24-14-15-25(32(27,2)3)31(30)29(24)26;1-12-8-6-7-11-15(12)16-13(2)14-9-4-3-5-10-14/h6-18H,1-5H3;3-11H,1-2H3. The van der Waals surface area contributed by atoms with Crippen molar-refractivity contribution in [1.29, 1.82) is 0 Å². The molecule has 0 bridgehead atoms. The molecule has 1 nitrogen and oxygen atoms in total. The lowest BCUT2D eigenvalue weighted by Crippen LogP contribution is -2.24. The van der Waals surface area contributed by atoms with Crippen LogP contribution in [-0.4, -0.2) is 5.71 Å². The number of nitrogens with zero attached hydrogens (tertiary/aromatic N) is 1. The molecule has 0 radical (unpaired) electrons. The molecule has 0 N–H and O–H groups in total. The maximum atomic E-state index is 4.65. The first-order valence-electron chi connectivity index (χ1n) is 17.5. The molecule has 7 aromatic rings. The smallest absolute Gasteiger partial charge is 0.0662 e. The Labute approximate surface area is 291 Å². The summed E-state index contributed by atoms with van der Waals surface area (Å²) in [6, 6.07) is 48.5. The van der Waals surface area contributed by atoms with Crippen molar-refractivity contribution in [1.82, 2.24) is 0 Å². The van der Waals surface area contributed by atoms with Gasteiger partial charge in [0.1, 0.15) is 0 Å². The highest BCUT2D eigenvalue weighted by atomic mass is 14.7. The predicted octanol–water partition coefficient (Wildman–Crippen LogP) is 13.0. The predicted molar refractivity (Wildman–Crippen MR) is 211 cm³/mol. The second kappa shape index (κ2) is 11.4. The molecule has 0 saturated carbocycles. The Bertz CT molecular complexity index is 2440. The molecule has 0 fully saturated rings. The summed E-state index contributed by atoms with van der Waals surface area (Å²) in [5, 5.41) is 5.56. The Hall–Kier alpha value is -5.27. The van der Waals surface area contributed by atoms with Crippen molar-refractivity contribution in [3.63, 3.8) is 0 Å². The first-order valence-corrected chi connectivity index (χ1v) is 17.5. The molecule has 1 heteroatoms. The van der Waals surface area contributed by atoms with Crippen LogP contribution in [0.5, 0.6) is 0 Å². The third kappa shape index (κ3) is 4.94. The van der Waals surface area contributed by atoms with Crippen molar-refractivity contribution < 1.29 is 0 Å². The Morgan fingerprint density at radius 1 is 0.510 bits per heavy atom. The largest absolute Gasteiger partial charge is 0.253 e. The summed E-state index contributed by atoms with van der Waals surface area (Å²) in [7, 11) is 0. The third-order valence-corrected chi connectivity index (χ3v) is 11.1. The maximum Gasteiger partial charge on any atom is 0.0662 e. The summed E-state index contributed by atoms with van der Waals surface area (Å²) in [5.74, 6) is 0. The molecule has 0 aromatic heterocycles. The van der Waals surface area contributed by atoms with E-state index in [0.29, 0.717) is 0 Å². The quantitative estimate of drug-likeness (QED) is 0.136. The van der Waals surface area contributed by atoms with E-state index in [0.717, 1.165) is 11.4 Å². The third-order valence-electron chi connectivity index (χ3n) is 11.1. The fourth-order valence-corrected chi connectivity index (χ4v) is 8.19. The summed E-state index contributed by atoms with van der Waals surface area (Å²) in [4.78, 5) is 4.65. The molecule has 0 heterocycles. The molecule has 9 rings (SSSR count). The van der Waals surface area contributed by atoms with Gasteiger partial charge in [-0.25, -0.2) is 0 Å². The zero-order valence-electron chi connectivity index (χ0n) is 29.6. The van der Waals surface area contributed by atoms with Crippen molar-refractivity contribution in [2.45, 2.75) is 59.3 Å². The number of benzene rings is 7. The molecular weight excluding hydrogens is 591 g/mol. The number of aryl methyl sites for hydroxylation is 2. The molecule has 0 aliphatic heterocycles. The number of fused-ring (bicyclic) bond motifs is 2. The van der Waals surface area contributed by atoms with Crippen LogP contribution >= 0.6 is 0 Å². The van der Waals surface area contributed by atoms with Crippen molar-refractivity contribution >= 4 is 32.9 Å². The Morgan fingerprint density at radius 2 is 1.14 bits per heavy atom. The summed E-state index contributed by atoms with van der Waals surface area (Å²) in [6.07, 6.45) is 0. The molecule has 0 unspecified atom stereocenters. The molecule has 2 aliphatic rings. The van der Waals surface area contributed by atoms with Gasteiger partial charge in [0.15, 0.2) is 0 Å². The first kappa shape index (κ1) is 31.0. The van der Waals surface area contributed by atoms with Gasteiger partial charge in [-0.1, -0.05) is 142 Å². The van der Waals surface area contributed by atoms with E-state index in [1.807, 2.05) is 43.3 Å². The van der Waals surface area contributed by atoms with Crippen molar-refractivity contribution in [2.24, 2.45) is 4.99 Å². The van der Waals surface area contributed by atoms with Gasteiger partial charge in [-0.15, -0.1) is 0 Å². The van der Waals surface area contributed by atoms with Gasteiger partial charge >= 0.3 is 0 Å². The number of para-hydroxylation sites is 1. The molecule has 0 saturated heterocycles. The van der Waals surface area contributed by atoms with Gasteiger partial charge in [-0.2, -0.15) is 0 Å². The molecule has 0 amide bonds. The minimum absolute atomic E-state index is 0.0162. The van der Waals surface area contributed by atoms with E-state index in [1.165, 1.54) is 82.7 Å². The normalized spacial score (nSPS) is 14.9. The minimum atomic E-state index is -0.0703. The maximum absolute atomic E-state index is 4.65. The zero-order chi connectivity index (χ0) is 34.1. The molecule has 7 aromatic carbocycles. The molecule has 49 heavy (non-hydrogen) atoms. The van der Waals surface area contributed by atoms with Crippen LogP contribution in [0.15, 0.2) is 138 Å². The van der Waals surface area contributed by atoms with Crippen LogP contribution in [0, 0.1) is 13.8 Å². The first-order chi connectivity index (χ1) is 23.6. The summed E-state index contributed by atoms with van der Waals surface area (Å²) in [6.45, 7) is 15.9. The zero-order valence-corrected chi connectivity index (χ0v) is 29.6.